The first-order valence-corrected chi connectivity index (χ1v) is 20.1. The van der Waals surface area contributed by atoms with E-state index in [1.165, 1.54) is 0 Å². The molecule has 1 N–H and O–H groups in total. The van der Waals surface area contributed by atoms with Gasteiger partial charge in [-0.15, -0.1) is 0 Å². The number of amides is 2. The molecule has 1 atom stereocenters. The number of hydrogen-bond donors (Lipinski definition) is 1. The molecule has 2 amide bonds. The molecule has 0 bridgehead atoms. The first kappa shape index (κ1) is 46.0. The zero-order valence-electron chi connectivity index (χ0n) is 33.8. The van der Waals surface area contributed by atoms with Crippen LogP contribution in [-0.4, -0.2) is 104 Å². The van der Waals surface area contributed by atoms with E-state index in [4.69, 9.17) is 34.2 Å². The number of azide groups is 1. The molecule has 0 fully saturated rings. The Morgan fingerprint density at radius 3 is 2.38 bits per heavy atom. The van der Waals surface area contributed by atoms with Gasteiger partial charge in [-0.05, 0) is 94.9 Å². The number of nitrogens with zero attached hydrogens (tertiary/aromatic N) is 7. The molecule has 0 unspecified atom stereocenters. The average Bonchev–Trinajstić information content (AvgIpc) is 3.17. The highest BCUT2D eigenvalue weighted by Crippen LogP contribution is 2.29. The van der Waals surface area contributed by atoms with E-state index in [0.29, 0.717) is 84.5 Å². The molecule has 1 aliphatic heterocycles. The van der Waals surface area contributed by atoms with Gasteiger partial charge in [0.25, 0.3) is 0 Å². The number of rotatable bonds is 27. The average molecular weight is 783 g/mol. The SMILES string of the molecule is CCOC(=O)C[C@H](CCCCCCc1ccc2c(n1)N(C(=O)OC(C)(C)C)CCC2)c1cnc(CCCNC(=O)CCOCCOCCOCCN=[N+]=[N-])nc1. The van der Waals surface area contributed by atoms with Gasteiger partial charge >= 0.3 is 12.1 Å². The summed E-state index contributed by atoms with van der Waals surface area (Å²) in [4.78, 5) is 55.8. The molecule has 0 saturated heterocycles. The number of carbonyl (C=O) groups is 3. The summed E-state index contributed by atoms with van der Waals surface area (Å²) in [6.07, 6.45) is 12.5. The highest BCUT2D eigenvalue weighted by atomic mass is 16.6. The van der Waals surface area contributed by atoms with Crippen LogP contribution in [0.25, 0.3) is 10.4 Å². The Labute approximate surface area is 331 Å². The number of ether oxygens (including phenoxy) is 5. The largest absolute Gasteiger partial charge is 0.466 e. The number of aromatic nitrogens is 3. The Bertz CT molecular complexity index is 1510. The summed E-state index contributed by atoms with van der Waals surface area (Å²) in [5.41, 5.74) is 10.6. The van der Waals surface area contributed by atoms with E-state index < -0.39 is 5.60 Å². The standard InChI is InChI=1S/C40H62N8O8/c1-5-55-37(50)28-32(12-8-6-7-9-14-34-17-16-31-13-11-21-48(38(31)46-34)39(51)56-40(2,3)4)33-29-43-35(44-30-33)15-10-19-42-36(49)18-22-52-24-26-54-27-25-53-23-20-45-47-41/h16-17,29-30,32H,5-15,18-28H2,1-4H3,(H,42,49)/t32-/m0/s1. The lowest BCUT2D eigenvalue weighted by Crippen LogP contribution is -2.40. The molecule has 3 rings (SSSR count). The van der Waals surface area contributed by atoms with Crippen molar-refractivity contribution in [2.75, 3.05) is 70.8 Å². The number of fused-ring (bicyclic) bond motifs is 1. The third-order valence-corrected chi connectivity index (χ3v) is 8.88. The van der Waals surface area contributed by atoms with Crippen LogP contribution in [-0.2, 0) is 52.5 Å². The molecule has 2 aromatic rings. The van der Waals surface area contributed by atoms with Crippen LogP contribution >= 0.6 is 0 Å². The van der Waals surface area contributed by atoms with Crippen molar-refractivity contribution in [3.63, 3.8) is 0 Å². The number of pyridine rings is 1. The minimum absolute atomic E-state index is 0.0345. The summed E-state index contributed by atoms with van der Waals surface area (Å²) in [6.45, 7) is 11.5. The predicted octanol–water partition coefficient (Wildman–Crippen LogP) is 6.59. The number of unbranched alkanes of at least 4 members (excludes halogenated alkanes) is 3. The molecule has 0 saturated carbocycles. The van der Waals surface area contributed by atoms with Crippen molar-refractivity contribution < 1.29 is 38.1 Å². The lowest BCUT2D eigenvalue weighted by molar-refractivity contribution is -0.143. The van der Waals surface area contributed by atoms with Crippen LogP contribution < -0.4 is 10.2 Å². The van der Waals surface area contributed by atoms with Gasteiger partial charge in [0.15, 0.2) is 0 Å². The molecule has 0 aromatic carbocycles. The monoisotopic (exact) mass is 782 g/mol. The Morgan fingerprint density at radius 1 is 0.946 bits per heavy atom. The quantitative estimate of drug-likeness (QED) is 0.0337. The maximum atomic E-state index is 12.9. The van der Waals surface area contributed by atoms with E-state index in [9.17, 15) is 14.4 Å². The minimum Gasteiger partial charge on any atom is -0.466 e. The number of anilines is 1. The van der Waals surface area contributed by atoms with Gasteiger partial charge in [-0.2, -0.15) is 0 Å². The normalized spacial score (nSPS) is 13.0. The molecule has 0 radical (unpaired) electrons. The van der Waals surface area contributed by atoms with Crippen LogP contribution in [0, 0.1) is 0 Å². The fourth-order valence-corrected chi connectivity index (χ4v) is 6.10. The highest BCUT2D eigenvalue weighted by molar-refractivity contribution is 5.88. The molecular formula is C40H62N8O8. The lowest BCUT2D eigenvalue weighted by atomic mass is 9.92. The zero-order valence-corrected chi connectivity index (χ0v) is 33.8. The predicted molar refractivity (Wildman–Crippen MR) is 211 cm³/mol. The second-order valence-electron chi connectivity index (χ2n) is 14.6. The Kier molecular flexibility index (Phi) is 21.8. The summed E-state index contributed by atoms with van der Waals surface area (Å²) < 4.78 is 27.0. The molecule has 3 heterocycles. The fraction of sp³-hybridized carbons (Fsp3) is 0.700. The van der Waals surface area contributed by atoms with Crippen LogP contribution in [0.1, 0.15) is 114 Å². The van der Waals surface area contributed by atoms with Gasteiger partial charge in [0, 0.05) is 55.5 Å². The maximum absolute atomic E-state index is 12.9. The van der Waals surface area contributed by atoms with Crippen molar-refractivity contribution in [2.45, 2.75) is 116 Å². The van der Waals surface area contributed by atoms with Gasteiger partial charge in [0.2, 0.25) is 5.91 Å². The van der Waals surface area contributed by atoms with Gasteiger partial charge in [0.1, 0.15) is 17.2 Å². The molecule has 0 aliphatic carbocycles. The summed E-state index contributed by atoms with van der Waals surface area (Å²) >= 11 is 0. The molecular weight excluding hydrogens is 720 g/mol. The van der Waals surface area contributed by atoms with E-state index in [1.807, 2.05) is 40.1 Å². The van der Waals surface area contributed by atoms with Gasteiger partial charge in [-0.25, -0.2) is 19.7 Å². The van der Waals surface area contributed by atoms with Crippen LogP contribution in [0.4, 0.5) is 10.6 Å². The number of esters is 1. The second-order valence-corrected chi connectivity index (χ2v) is 14.6. The van der Waals surface area contributed by atoms with Gasteiger partial charge in [0.05, 0.1) is 52.7 Å². The van der Waals surface area contributed by atoms with E-state index in [2.05, 4.69) is 37.4 Å². The maximum Gasteiger partial charge on any atom is 0.416 e. The smallest absolute Gasteiger partial charge is 0.416 e. The fourth-order valence-electron chi connectivity index (χ4n) is 6.10. The Hall–Kier alpha value is -4.37. The molecule has 2 aromatic heterocycles. The van der Waals surface area contributed by atoms with Crippen LogP contribution in [0.3, 0.4) is 0 Å². The van der Waals surface area contributed by atoms with Gasteiger partial charge in [-0.1, -0.05) is 30.4 Å². The zero-order chi connectivity index (χ0) is 40.4. The number of hydrogen-bond acceptors (Lipinski definition) is 12. The lowest BCUT2D eigenvalue weighted by Gasteiger charge is -2.31. The Morgan fingerprint density at radius 2 is 1.66 bits per heavy atom. The summed E-state index contributed by atoms with van der Waals surface area (Å²) in [6, 6.07) is 4.17. The third-order valence-electron chi connectivity index (χ3n) is 8.88. The summed E-state index contributed by atoms with van der Waals surface area (Å²) in [5, 5.41) is 6.28. The topological polar surface area (TPSA) is 200 Å². The first-order chi connectivity index (χ1) is 27.1. The van der Waals surface area contributed by atoms with Crippen molar-refractivity contribution >= 4 is 23.8 Å². The molecule has 1 aliphatic rings. The van der Waals surface area contributed by atoms with Crippen molar-refractivity contribution in [3.05, 3.63) is 57.6 Å². The number of aryl methyl sites for hydroxylation is 3. The number of carbonyl (C=O) groups excluding carboxylic acids is 3. The van der Waals surface area contributed by atoms with E-state index >= 15 is 0 Å². The van der Waals surface area contributed by atoms with E-state index in [-0.39, 0.29) is 36.7 Å². The van der Waals surface area contributed by atoms with Crippen LogP contribution in [0.15, 0.2) is 29.6 Å². The number of nitrogens with one attached hydrogen (secondary N) is 1. The van der Waals surface area contributed by atoms with Crippen molar-refractivity contribution in [1.29, 1.82) is 0 Å². The minimum atomic E-state index is -0.564. The first-order valence-electron chi connectivity index (χ1n) is 20.1. The van der Waals surface area contributed by atoms with Crippen LogP contribution in [0.5, 0.6) is 0 Å². The molecule has 0 spiro atoms. The van der Waals surface area contributed by atoms with Gasteiger partial charge < -0.3 is 29.0 Å². The molecule has 16 nitrogen and oxygen atoms in total. The summed E-state index contributed by atoms with van der Waals surface area (Å²) in [5.74, 6) is 1.07. The Balaban J connectivity index is 1.33. The highest BCUT2D eigenvalue weighted by Gasteiger charge is 2.28. The molecule has 16 heteroatoms. The van der Waals surface area contributed by atoms with E-state index in [1.54, 1.807) is 4.90 Å². The van der Waals surface area contributed by atoms with Gasteiger partial charge in [-0.3, -0.25) is 14.5 Å². The van der Waals surface area contributed by atoms with Crippen molar-refractivity contribution in [1.82, 2.24) is 20.3 Å². The summed E-state index contributed by atoms with van der Waals surface area (Å²) in [7, 11) is 0. The molecule has 310 valence electrons. The second kappa shape index (κ2) is 26.5. The van der Waals surface area contributed by atoms with Crippen molar-refractivity contribution in [3.8, 4) is 0 Å². The van der Waals surface area contributed by atoms with E-state index in [0.717, 1.165) is 74.0 Å². The molecule has 56 heavy (non-hydrogen) atoms. The van der Waals surface area contributed by atoms with Crippen LogP contribution in [0.2, 0.25) is 0 Å². The van der Waals surface area contributed by atoms with Crippen molar-refractivity contribution in [2.24, 2.45) is 5.11 Å². The third kappa shape index (κ3) is 19.0.